The topological polar surface area (TPSA) is 59.9 Å². The van der Waals surface area contributed by atoms with Gasteiger partial charge in [0.2, 0.25) is 14.2 Å². The van der Waals surface area contributed by atoms with E-state index < -0.39 is 9.84 Å². The molecule has 0 unspecified atom stereocenters. The van der Waals surface area contributed by atoms with E-state index in [2.05, 4.69) is 32.8 Å². The fourth-order valence-electron chi connectivity index (χ4n) is 0.452. The maximum atomic E-state index is 10.9. The lowest BCUT2D eigenvalue weighted by atomic mass is 11.5. The van der Waals surface area contributed by atoms with Gasteiger partial charge in [-0.1, -0.05) is 45.7 Å². The van der Waals surface area contributed by atoms with Gasteiger partial charge in [0.25, 0.3) is 0 Å². The molecule has 0 atom stereocenters. The largest absolute Gasteiger partial charge is 0.233 e. The summed E-state index contributed by atoms with van der Waals surface area (Å²) in [6, 6.07) is 0. The molecule has 0 aromatic carbocycles. The van der Waals surface area contributed by atoms with Crippen molar-refractivity contribution in [3.8, 4) is 0 Å². The summed E-state index contributed by atoms with van der Waals surface area (Å²) in [4.78, 5) is 0. The molecular weight excluding hydrogens is 331 g/mol. The van der Waals surface area contributed by atoms with Crippen LogP contribution in [-0.2, 0) is 9.84 Å². The van der Waals surface area contributed by atoms with Gasteiger partial charge in [0.1, 0.15) is 0 Å². The summed E-state index contributed by atoms with van der Waals surface area (Å²) in [5, 5.41) is 7.28. The van der Waals surface area contributed by atoms with E-state index in [1.165, 1.54) is 11.8 Å². The molecule has 0 saturated heterocycles. The molecule has 0 aliphatic carbocycles. The quantitative estimate of drug-likeness (QED) is 0.475. The molecule has 1 aromatic rings. The maximum absolute atomic E-state index is 10.9. The predicted molar refractivity (Wildman–Crippen MR) is 57.8 cm³/mol. The molecule has 0 bridgehead atoms. The summed E-state index contributed by atoms with van der Waals surface area (Å²) in [7, 11) is -3.17. The number of sulfone groups is 1. The Kier molecular flexibility index (Phi) is 3.74. The van der Waals surface area contributed by atoms with E-state index in [1.54, 1.807) is 0 Å². The summed E-state index contributed by atoms with van der Waals surface area (Å²) in [6.07, 6.45) is 1.13. The number of hydrogen-bond donors (Lipinski definition) is 0. The second-order valence-corrected chi connectivity index (χ2v) is 8.05. The van der Waals surface area contributed by atoms with Gasteiger partial charge in [-0.05, 0) is 0 Å². The fourth-order valence-corrected chi connectivity index (χ4v) is 4.31. The van der Waals surface area contributed by atoms with E-state index in [0.717, 1.165) is 21.4 Å². The van der Waals surface area contributed by atoms with Crippen molar-refractivity contribution in [3.05, 3.63) is 0 Å². The fraction of sp³-hybridized carbons (Fsp3) is 0.500. The molecule has 0 aliphatic rings. The Bertz CT molecular complexity index is 360. The number of thioether (sulfide) groups is 1. The van der Waals surface area contributed by atoms with Crippen LogP contribution in [0.2, 0.25) is 0 Å². The first-order valence-corrected chi connectivity index (χ1v) is 7.98. The zero-order chi connectivity index (χ0) is 9.19. The van der Waals surface area contributed by atoms with E-state index in [1.807, 2.05) is 0 Å². The SMILES string of the molecule is CS(=O)(=O)c1nnc(SCI)s1. The molecule has 0 radical (unpaired) electrons. The summed E-state index contributed by atoms with van der Waals surface area (Å²) < 4.78 is 23.5. The van der Waals surface area contributed by atoms with Gasteiger partial charge < -0.3 is 0 Å². The van der Waals surface area contributed by atoms with Gasteiger partial charge >= 0.3 is 0 Å². The van der Waals surface area contributed by atoms with E-state index in [9.17, 15) is 8.42 Å². The highest BCUT2D eigenvalue weighted by Gasteiger charge is 2.13. The first kappa shape index (κ1) is 10.7. The standard InChI is InChI=1S/C4H5IN2O2S3/c1-12(8,9)4-7-6-3(11-4)10-2-5/h2H2,1H3. The minimum Gasteiger partial charge on any atom is -0.221 e. The van der Waals surface area contributed by atoms with Crippen LogP contribution in [0, 0.1) is 0 Å². The molecule has 1 rings (SSSR count). The van der Waals surface area contributed by atoms with E-state index in [-0.39, 0.29) is 4.34 Å². The van der Waals surface area contributed by atoms with Gasteiger partial charge in [-0.3, -0.25) is 0 Å². The van der Waals surface area contributed by atoms with Crippen molar-refractivity contribution in [2.75, 3.05) is 10.0 Å². The van der Waals surface area contributed by atoms with Gasteiger partial charge in [0.15, 0.2) is 4.34 Å². The Morgan fingerprint density at radius 1 is 1.58 bits per heavy atom. The van der Waals surface area contributed by atoms with Gasteiger partial charge in [0, 0.05) is 6.26 Å². The van der Waals surface area contributed by atoms with E-state index in [4.69, 9.17) is 0 Å². The minimum absolute atomic E-state index is 0.0925. The highest BCUT2D eigenvalue weighted by molar-refractivity contribution is 14.1. The first-order chi connectivity index (χ1) is 5.54. The third kappa shape index (κ3) is 2.82. The zero-order valence-corrected chi connectivity index (χ0v) is 10.6. The highest BCUT2D eigenvalue weighted by atomic mass is 127. The third-order valence-corrected chi connectivity index (χ3v) is 5.25. The second-order valence-electron chi connectivity index (χ2n) is 1.86. The lowest BCUT2D eigenvalue weighted by molar-refractivity contribution is 0.599. The Hall–Kier alpha value is 0.590. The monoisotopic (exact) mass is 336 g/mol. The van der Waals surface area contributed by atoms with Crippen LogP contribution in [0.15, 0.2) is 8.68 Å². The molecule has 0 amide bonds. The molecule has 68 valence electrons. The average molecular weight is 336 g/mol. The van der Waals surface area contributed by atoms with Gasteiger partial charge in [-0.25, -0.2) is 8.42 Å². The maximum Gasteiger partial charge on any atom is 0.233 e. The van der Waals surface area contributed by atoms with Crippen molar-refractivity contribution in [3.63, 3.8) is 0 Å². The number of nitrogens with zero attached hydrogens (tertiary/aromatic N) is 2. The van der Waals surface area contributed by atoms with Crippen molar-refractivity contribution < 1.29 is 8.42 Å². The molecule has 0 fully saturated rings. The van der Waals surface area contributed by atoms with Crippen LogP contribution in [0.5, 0.6) is 0 Å². The van der Waals surface area contributed by atoms with Gasteiger partial charge in [-0.2, -0.15) is 0 Å². The normalized spacial score (nSPS) is 11.8. The summed E-state index contributed by atoms with van der Waals surface area (Å²) in [5.74, 6) is 0. The lowest BCUT2D eigenvalue weighted by Gasteiger charge is -1.85. The molecular formula is C4H5IN2O2S3. The van der Waals surface area contributed by atoms with Crippen molar-refractivity contribution in [2.45, 2.75) is 8.68 Å². The van der Waals surface area contributed by atoms with Crippen LogP contribution >= 0.6 is 45.7 Å². The predicted octanol–water partition coefficient (Wildman–Crippen LogP) is 1.43. The van der Waals surface area contributed by atoms with Crippen LogP contribution in [0.25, 0.3) is 0 Å². The Labute approximate surface area is 92.2 Å². The Morgan fingerprint density at radius 2 is 2.25 bits per heavy atom. The van der Waals surface area contributed by atoms with E-state index >= 15 is 0 Å². The average Bonchev–Trinajstić information content (AvgIpc) is 2.35. The molecule has 8 heteroatoms. The molecule has 1 heterocycles. The van der Waals surface area contributed by atoms with E-state index in [0.29, 0.717) is 4.34 Å². The lowest BCUT2D eigenvalue weighted by Crippen LogP contribution is -1.95. The van der Waals surface area contributed by atoms with Crippen molar-refractivity contribution >= 4 is 55.5 Å². The molecule has 0 N–H and O–H groups in total. The third-order valence-electron chi connectivity index (χ3n) is 0.883. The van der Waals surface area contributed by atoms with Gasteiger partial charge in [-0.15, -0.1) is 10.2 Å². The van der Waals surface area contributed by atoms with Crippen molar-refractivity contribution in [1.82, 2.24) is 10.2 Å². The van der Waals surface area contributed by atoms with Crippen molar-refractivity contribution in [2.24, 2.45) is 0 Å². The highest BCUT2D eigenvalue weighted by Crippen LogP contribution is 2.25. The second kappa shape index (κ2) is 4.20. The summed E-state index contributed by atoms with van der Waals surface area (Å²) >= 11 is 4.77. The molecule has 1 aromatic heterocycles. The Balaban J connectivity index is 2.92. The number of rotatable bonds is 3. The van der Waals surface area contributed by atoms with Gasteiger partial charge in [0.05, 0.1) is 3.76 Å². The Morgan fingerprint density at radius 3 is 2.67 bits per heavy atom. The molecule has 12 heavy (non-hydrogen) atoms. The zero-order valence-electron chi connectivity index (χ0n) is 6.02. The number of alkyl halides is 1. The molecule has 4 nitrogen and oxygen atoms in total. The number of hydrogen-bond acceptors (Lipinski definition) is 6. The molecule has 0 aliphatic heterocycles. The molecule has 0 spiro atoms. The van der Waals surface area contributed by atoms with Crippen LogP contribution < -0.4 is 0 Å². The smallest absolute Gasteiger partial charge is 0.221 e. The summed E-state index contributed by atoms with van der Waals surface area (Å²) in [6.45, 7) is 0. The van der Waals surface area contributed by atoms with Crippen LogP contribution in [-0.4, -0.2) is 28.6 Å². The van der Waals surface area contributed by atoms with Crippen LogP contribution in [0.4, 0.5) is 0 Å². The molecule has 0 saturated carbocycles. The van der Waals surface area contributed by atoms with Crippen LogP contribution in [0.1, 0.15) is 0 Å². The summed E-state index contributed by atoms with van der Waals surface area (Å²) in [5.41, 5.74) is 0. The van der Waals surface area contributed by atoms with Crippen LogP contribution in [0.3, 0.4) is 0 Å². The number of halogens is 1. The first-order valence-electron chi connectivity index (χ1n) is 2.76. The number of aromatic nitrogens is 2. The minimum atomic E-state index is -3.17. The van der Waals surface area contributed by atoms with Crippen molar-refractivity contribution in [1.29, 1.82) is 0 Å².